The molecule has 0 fully saturated rings. The lowest BCUT2D eigenvalue weighted by molar-refractivity contribution is 0.574. The molecule has 0 aliphatic heterocycles. The van der Waals surface area contributed by atoms with Crippen molar-refractivity contribution in [3.8, 4) is 0 Å². The smallest absolute Gasteiger partial charge is 0.0232 e. The second kappa shape index (κ2) is 6.02. The minimum atomic E-state index is 0.545. The molecule has 0 bridgehead atoms. The van der Waals surface area contributed by atoms with Gasteiger partial charge in [-0.1, -0.05) is 18.7 Å². The van der Waals surface area contributed by atoms with E-state index < -0.39 is 0 Å². The summed E-state index contributed by atoms with van der Waals surface area (Å²) in [5.41, 5.74) is 1.05. The molecule has 0 aromatic rings. The van der Waals surface area contributed by atoms with Crippen molar-refractivity contribution in [2.75, 3.05) is 0 Å². The zero-order chi connectivity index (χ0) is 8.69. The molecule has 0 heterocycles. The zero-order valence-electron chi connectivity index (χ0n) is 7.85. The molecule has 0 spiro atoms. The molecular formula is C10H19N. The van der Waals surface area contributed by atoms with Crippen LogP contribution in [-0.2, 0) is 0 Å². The fourth-order valence-electron chi connectivity index (χ4n) is 1.01. The van der Waals surface area contributed by atoms with Crippen molar-refractivity contribution in [3.63, 3.8) is 0 Å². The van der Waals surface area contributed by atoms with Crippen molar-refractivity contribution in [1.82, 2.24) is 5.32 Å². The molecule has 1 N–H and O–H groups in total. The van der Waals surface area contributed by atoms with Gasteiger partial charge in [-0.2, -0.15) is 0 Å². The van der Waals surface area contributed by atoms with Crippen LogP contribution in [-0.4, -0.2) is 6.04 Å². The molecule has 1 heteroatoms. The van der Waals surface area contributed by atoms with Gasteiger partial charge >= 0.3 is 0 Å². The number of hydrogen-bond donors (Lipinski definition) is 1. The molecule has 0 radical (unpaired) electrons. The maximum absolute atomic E-state index is 3.79. The molecule has 0 saturated heterocycles. The highest BCUT2D eigenvalue weighted by molar-refractivity contribution is 4.88. The molecule has 0 saturated carbocycles. The topological polar surface area (TPSA) is 12.0 Å². The molecule has 64 valence electrons. The van der Waals surface area contributed by atoms with Gasteiger partial charge in [0.05, 0.1) is 0 Å². The van der Waals surface area contributed by atoms with Crippen molar-refractivity contribution in [3.05, 3.63) is 24.4 Å². The van der Waals surface area contributed by atoms with Crippen LogP contribution in [0.4, 0.5) is 0 Å². The van der Waals surface area contributed by atoms with Gasteiger partial charge in [0, 0.05) is 11.7 Å². The van der Waals surface area contributed by atoms with E-state index in [1.807, 2.05) is 6.92 Å². The van der Waals surface area contributed by atoms with Crippen LogP contribution in [0, 0.1) is 0 Å². The van der Waals surface area contributed by atoms with Gasteiger partial charge in [-0.05, 0) is 33.6 Å². The van der Waals surface area contributed by atoms with E-state index in [4.69, 9.17) is 0 Å². The Morgan fingerprint density at radius 3 is 2.73 bits per heavy atom. The summed E-state index contributed by atoms with van der Waals surface area (Å²) in [6.07, 6.45) is 6.61. The third kappa shape index (κ3) is 7.17. The third-order valence-corrected chi connectivity index (χ3v) is 1.49. The third-order valence-electron chi connectivity index (χ3n) is 1.49. The average molecular weight is 153 g/mol. The first-order chi connectivity index (χ1) is 5.16. The van der Waals surface area contributed by atoms with E-state index in [9.17, 15) is 0 Å². The number of nitrogens with one attached hydrogen (secondary N) is 1. The molecule has 11 heavy (non-hydrogen) atoms. The first kappa shape index (κ1) is 10.3. The summed E-state index contributed by atoms with van der Waals surface area (Å²) in [6, 6.07) is 0.545. The van der Waals surface area contributed by atoms with Crippen LogP contribution >= 0.6 is 0 Å². The van der Waals surface area contributed by atoms with Gasteiger partial charge in [-0.15, -0.1) is 0 Å². The van der Waals surface area contributed by atoms with Crippen LogP contribution in [0.3, 0.4) is 0 Å². The van der Waals surface area contributed by atoms with Crippen molar-refractivity contribution in [2.45, 2.75) is 39.7 Å². The summed E-state index contributed by atoms with van der Waals surface area (Å²) in [6.45, 7) is 10.0. The van der Waals surface area contributed by atoms with E-state index >= 15 is 0 Å². The summed E-state index contributed by atoms with van der Waals surface area (Å²) in [5.74, 6) is 0. The van der Waals surface area contributed by atoms with Gasteiger partial charge < -0.3 is 5.32 Å². The maximum atomic E-state index is 3.79. The molecule has 0 amide bonds. The lowest BCUT2D eigenvalue weighted by Gasteiger charge is -2.13. The molecule has 1 unspecified atom stereocenters. The van der Waals surface area contributed by atoms with E-state index in [0.717, 1.165) is 12.1 Å². The van der Waals surface area contributed by atoms with E-state index in [2.05, 4.69) is 37.9 Å². The highest BCUT2D eigenvalue weighted by Crippen LogP contribution is 1.98. The van der Waals surface area contributed by atoms with Gasteiger partial charge in [0.25, 0.3) is 0 Å². The second-order valence-electron chi connectivity index (χ2n) is 2.97. The van der Waals surface area contributed by atoms with Crippen molar-refractivity contribution < 1.29 is 0 Å². The summed E-state index contributed by atoms with van der Waals surface area (Å²) >= 11 is 0. The van der Waals surface area contributed by atoms with E-state index in [1.165, 1.54) is 6.42 Å². The van der Waals surface area contributed by atoms with E-state index in [0.29, 0.717) is 6.04 Å². The van der Waals surface area contributed by atoms with Gasteiger partial charge in [0.15, 0.2) is 0 Å². The quantitative estimate of drug-likeness (QED) is 0.599. The molecule has 0 aromatic heterocycles. The largest absolute Gasteiger partial charge is 0.387 e. The Bertz CT molecular complexity index is 136. The minimum absolute atomic E-state index is 0.545. The molecular weight excluding hydrogens is 134 g/mol. The van der Waals surface area contributed by atoms with E-state index in [1.54, 1.807) is 0 Å². The summed E-state index contributed by atoms with van der Waals surface area (Å²) in [5, 5.41) is 3.27. The molecule has 1 atom stereocenters. The molecule has 0 rings (SSSR count). The molecule has 1 nitrogen and oxygen atoms in total. The van der Waals surface area contributed by atoms with Crippen LogP contribution in [0.2, 0.25) is 0 Å². The average Bonchev–Trinajstić information content (AvgIpc) is 1.86. The van der Waals surface area contributed by atoms with Crippen molar-refractivity contribution >= 4 is 0 Å². The Morgan fingerprint density at radius 2 is 2.27 bits per heavy atom. The second-order valence-corrected chi connectivity index (χ2v) is 2.97. The predicted octanol–water partition coefficient (Wildman–Crippen LogP) is 2.85. The van der Waals surface area contributed by atoms with Gasteiger partial charge in [-0.25, -0.2) is 0 Å². The summed E-state index contributed by atoms with van der Waals surface area (Å²) < 4.78 is 0. The maximum Gasteiger partial charge on any atom is 0.0232 e. The number of rotatable bonds is 5. The Labute approximate surface area is 70.2 Å². The normalized spacial score (nSPS) is 13.4. The van der Waals surface area contributed by atoms with Crippen molar-refractivity contribution in [1.29, 1.82) is 0 Å². The van der Waals surface area contributed by atoms with Crippen LogP contribution < -0.4 is 5.32 Å². The Morgan fingerprint density at radius 1 is 1.64 bits per heavy atom. The number of allylic oxidation sites excluding steroid dienone is 3. The molecule has 0 aliphatic carbocycles. The lowest BCUT2D eigenvalue weighted by atomic mass is 10.2. The summed E-state index contributed by atoms with van der Waals surface area (Å²) in [4.78, 5) is 0. The monoisotopic (exact) mass is 153 g/mol. The van der Waals surface area contributed by atoms with E-state index in [-0.39, 0.29) is 0 Å². The Kier molecular flexibility index (Phi) is 5.63. The first-order valence-electron chi connectivity index (χ1n) is 4.20. The predicted molar refractivity (Wildman–Crippen MR) is 51.5 cm³/mol. The zero-order valence-corrected chi connectivity index (χ0v) is 7.85. The highest BCUT2D eigenvalue weighted by Gasteiger charge is 1.96. The summed E-state index contributed by atoms with van der Waals surface area (Å²) in [7, 11) is 0. The highest BCUT2D eigenvalue weighted by atomic mass is 14.9. The van der Waals surface area contributed by atoms with Crippen LogP contribution in [0.15, 0.2) is 24.4 Å². The van der Waals surface area contributed by atoms with Crippen molar-refractivity contribution in [2.24, 2.45) is 0 Å². The van der Waals surface area contributed by atoms with Crippen LogP contribution in [0.5, 0.6) is 0 Å². The van der Waals surface area contributed by atoms with Crippen LogP contribution in [0.25, 0.3) is 0 Å². The minimum Gasteiger partial charge on any atom is -0.387 e. The molecule has 0 aliphatic rings. The van der Waals surface area contributed by atoms with Gasteiger partial charge in [0.2, 0.25) is 0 Å². The van der Waals surface area contributed by atoms with Gasteiger partial charge in [-0.3, -0.25) is 0 Å². The fraction of sp³-hybridized carbons (Fsp3) is 0.600. The SMILES string of the molecule is C=C(C)NC(C)CCC=CC. The standard InChI is InChI=1S/C10H19N/c1-5-6-7-8-10(4)11-9(2)3/h5-6,10-11H,2,7-8H2,1,3-4H3. The Hall–Kier alpha value is -0.720. The first-order valence-corrected chi connectivity index (χ1v) is 4.20. The lowest BCUT2D eigenvalue weighted by Crippen LogP contribution is -2.23. The van der Waals surface area contributed by atoms with Crippen LogP contribution in [0.1, 0.15) is 33.6 Å². The van der Waals surface area contributed by atoms with Gasteiger partial charge in [0.1, 0.15) is 0 Å². The fourth-order valence-corrected chi connectivity index (χ4v) is 1.01. The number of hydrogen-bond acceptors (Lipinski definition) is 1. The molecule has 0 aromatic carbocycles. The Balaban J connectivity index is 3.36.